The molecule has 1 aliphatic heterocycles. The van der Waals surface area contributed by atoms with Gasteiger partial charge in [0.05, 0.1) is 5.69 Å². The number of aromatic nitrogens is 3. The van der Waals surface area contributed by atoms with Crippen molar-refractivity contribution in [2.45, 2.75) is 45.1 Å². The summed E-state index contributed by atoms with van der Waals surface area (Å²) in [5.41, 5.74) is 2.20. The van der Waals surface area contributed by atoms with Gasteiger partial charge in [-0.25, -0.2) is 9.50 Å². The van der Waals surface area contributed by atoms with Gasteiger partial charge in [0, 0.05) is 30.4 Å². The van der Waals surface area contributed by atoms with Crippen LogP contribution in [0.4, 0.5) is 5.82 Å². The highest BCUT2D eigenvalue weighted by Gasteiger charge is 2.22. The van der Waals surface area contributed by atoms with Gasteiger partial charge in [-0.1, -0.05) is 20.8 Å². The third-order valence-electron chi connectivity index (χ3n) is 4.33. The predicted molar refractivity (Wildman–Crippen MR) is 85.8 cm³/mol. The van der Waals surface area contributed by atoms with Crippen molar-refractivity contribution in [3.8, 4) is 0 Å². The molecule has 3 heterocycles. The number of fused-ring (bicyclic) bond motifs is 1. The molecule has 0 spiro atoms. The largest absolute Gasteiger partial charge is 0.367 e. The number of likely N-dealkylation sites (N-methyl/N-ethyl adjacent to an activating group) is 1. The third-order valence-corrected chi connectivity index (χ3v) is 4.33. The van der Waals surface area contributed by atoms with E-state index in [1.54, 1.807) is 0 Å². The van der Waals surface area contributed by atoms with Crippen molar-refractivity contribution < 1.29 is 0 Å². The van der Waals surface area contributed by atoms with Crippen molar-refractivity contribution in [3.63, 3.8) is 0 Å². The van der Waals surface area contributed by atoms with Crippen molar-refractivity contribution in [2.24, 2.45) is 0 Å². The monoisotopic (exact) mass is 287 g/mol. The van der Waals surface area contributed by atoms with Gasteiger partial charge in [0.1, 0.15) is 5.52 Å². The van der Waals surface area contributed by atoms with Gasteiger partial charge in [-0.2, -0.15) is 5.10 Å². The van der Waals surface area contributed by atoms with E-state index in [0.29, 0.717) is 6.04 Å². The molecule has 2 aromatic rings. The molecule has 2 aromatic heterocycles. The molecule has 5 heteroatoms. The van der Waals surface area contributed by atoms with E-state index in [1.165, 1.54) is 19.4 Å². The third kappa shape index (κ3) is 2.88. The SMILES string of the molecule is CN1CCCC1CNc1nccn2nc(C(C)(C)C)cc12. The van der Waals surface area contributed by atoms with Gasteiger partial charge in [0.25, 0.3) is 0 Å². The van der Waals surface area contributed by atoms with Crippen molar-refractivity contribution in [1.29, 1.82) is 0 Å². The van der Waals surface area contributed by atoms with E-state index < -0.39 is 0 Å². The lowest BCUT2D eigenvalue weighted by atomic mass is 9.92. The molecule has 0 saturated carbocycles. The summed E-state index contributed by atoms with van der Waals surface area (Å²) < 4.78 is 1.92. The molecule has 114 valence electrons. The lowest BCUT2D eigenvalue weighted by Crippen LogP contribution is -2.31. The van der Waals surface area contributed by atoms with Gasteiger partial charge in [0.2, 0.25) is 0 Å². The Labute approximate surface area is 126 Å². The minimum absolute atomic E-state index is 0.0506. The molecule has 3 rings (SSSR count). The smallest absolute Gasteiger partial charge is 0.152 e. The molecular weight excluding hydrogens is 262 g/mol. The standard InChI is InChI=1S/C16H25N5/c1-16(2,3)14-10-13-15(17-7-9-21(13)19-14)18-11-12-6-5-8-20(12)4/h7,9-10,12H,5-6,8,11H2,1-4H3,(H,17,18). The Kier molecular flexibility index (Phi) is 3.61. The summed E-state index contributed by atoms with van der Waals surface area (Å²) in [6, 6.07) is 2.75. The maximum absolute atomic E-state index is 4.67. The Morgan fingerprint density at radius 3 is 2.86 bits per heavy atom. The van der Waals surface area contributed by atoms with Crippen LogP contribution >= 0.6 is 0 Å². The topological polar surface area (TPSA) is 45.5 Å². The molecule has 0 amide bonds. The molecule has 1 aliphatic rings. The van der Waals surface area contributed by atoms with Crippen LogP contribution in [0.15, 0.2) is 18.5 Å². The van der Waals surface area contributed by atoms with Gasteiger partial charge >= 0.3 is 0 Å². The molecule has 1 N–H and O–H groups in total. The minimum Gasteiger partial charge on any atom is -0.367 e. The van der Waals surface area contributed by atoms with Crippen LogP contribution in [0.1, 0.15) is 39.3 Å². The summed E-state index contributed by atoms with van der Waals surface area (Å²) in [5.74, 6) is 0.931. The van der Waals surface area contributed by atoms with E-state index in [4.69, 9.17) is 0 Å². The molecule has 21 heavy (non-hydrogen) atoms. The van der Waals surface area contributed by atoms with Gasteiger partial charge in [0.15, 0.2) is 5.82 Å². The average Bonchev–Trinajstić information content (AvgIpc) is 3.02. The Morgan fingerprint density at radius 2 is 2.19 bits per heavy atom. The van der Waals surface area contributed by atoms with E-state index in [9.17, 15) is 0 Å². The lowest BCUT2D eigenvalue weighted by Gasteiger charge is -2.20. The van der Waals surface area contributed by atoms with Crippen molar-refractivity contribution in [2.75, 3.05) is 25.5 Å². The summed E-state index contributed by atoms with van der Waals surface area (Å²) >= 11 is 0. The Hall–Kier alpha value is -1.62. The molecular formula is C16H25N5. The van der Waals surface area contributed by atoms with Crippen LogP contribution in [0, 0.1) is 0 Å². The van der Waals surface area contributed by atoms with Crippen LogP contribution in [0.5, 0.6) is 0 Å². The normalized spacial score (nSPS) is 20.3. The molecule has 1 unspecified atom stereocenters. The molecule has 0 aromatic carbocycles. The zero-order valence-corrected chi connectivity index (χ0v) is 13.4. The molecule has 5 nitrogen and oxygen atoms in total. The molecule has 0 aliphatic carbocycles. The lowest BCUT2D eigenvalue weighted by molar-refractivity contribution is 0.322. The van der Waals surface area contributed by atoms with E-state index >= 15 is 0 Å². The van der Waals surface area contributed by atoms with Gasteiger partial charge in [-0.15, -0.1) is 0 Å². The fourth-order valence-electron chi connectivity index (χ4n) is 2.88. The first-order valence-corrected chi connectivity index (χ1v) is 7.74. The van der Waals surface area contributed by atoms with Crippen LogP contribution in [0.2, 0.25) is 0 Å². The maximum atomic E-state index is 4.67. The van der Waals surface area contributed by atoms with Crippen LogP contribution in [-0.4, -0.2) is 45.7 Å². The highest BCUT2D eigenvalue weighted by Crippen LogP contribution is 2.25. The maximum Gasteiger partial charge on any atom is 0.152 e. The first kappa shape index (κ1) is 14.3. The van der Waals surface area contributed by atoms with Crippen LogP contribution in [-0.2, 0) is 5.41 Å². The quantitative estimate of drug-likeness (QED) is 0.942. The Morgan fingerprint density at radius 1 is 1.38 bits per heavy atom. The molecule has 1 saturated heterocycles. The summed E-state index contributed by atoms with van der Waals surface area (Å²) in [6.07, 6.45) is 6.28. The Balaban J connectivity index is 1.83. The number of anilines is 1. The van der Waals surface area contributed by atoms with Crippen LogP contribution in [0.25, 0.3) is 5.52 Å². The molecule has 1 fully saturated rings. The Bertz CT molecular complexity index is 625. The van der Waals surface area contributed by atoms with Crippen molar-refractivity contribution >= 4 is 11.3 Å². The number of rotatable bonds is 3. The van der Waals surface area contributed by atoms with E-state index in [2.05, 4.69) is 54.2 Å². The highest BCUT2D eigenvalue weighted by atomic mass is 15.2. The van der Waals surface area contributed by atoms with Crippen molar-refractivity contribution in [1.82, 2.24) is 19.5 Å². The van der Waals surface area contributed by atoms with Crippen molar-refractivity contribution in [3.05, 3.63) is 24.2 Å². The second-order valence-electron chi connectivity index (χ2n) is 7.04. The van der Waals surface area contributed by atoms with E-state index in [-0.39, 0.29) is 5.41 Å². The van der Waals surface area contributed by atoms with Crippen LogP contribution in [0.3, 0.4) is 0 Å². The summed E-state index contributed by atoms with van der Waals surface area (Å²) in [5, 5.41) is 8.18. The zero-order chi connectivity index (χ0) is 15.0. The highest BCUT2D eigenvalue weighted by molar-refractivity contribution is 5.68. The minimum atomic E-state index is 0.0506. The van der Waals surface area contributed by atoms with Gasteiger partial charge in [-0.05, 0) is 32.5 Å². The summed E-state index contributed by atoms with van der Waals surface area (Å²) in [7, 11) is 2.20. The number of hydrogen-bond donors (Lipinski definition) is 1. The first-order valence-electron chi connectivity index (χ1n) is 7.74. The fourth-order valence-corrected chi connectivity index (χ4v) is 2.88. The summed E-state index contributed by atoms with van der Waals surface area (Å²) in [6.45, 7) is 8.69. The van der Waals surface area contributed by atoms with Crippen LogP contribution < -0.4 is 5.32 Å². The van der Waals surface area contributed by atoms with Gasteiger partial charge < -0.3 is 10.2 Å². The number of hydrogen-bond acceptors (Lipinski definition) is 4. The van der Waals surface area contributed by atoms with Gasteiger partial charge in [-0.3, -0.25) is 0 Å². The predicted octanol–water partition coefficient (Wildman–Crippen LogP) is 2.53. The second kappa shape index (κ2) is 5.30. The number of nitrogens with one attached hydrogen (secondary N) is 1. The molecule has 0 radical (unpaired) electrons. The van der Waals surface area contributed by atoms with E-state index in [0.717, 1.165) is 23.6 Å². The molecule has 1 atom stereocenters. The summed E-state index contributed by atoms with van der Waals surface area (Å²) in [4.78, 5) is 6.92. The first-order chi connectivity index (χ1) is 9.95. The molecule has 0 bridgehead atoms. The average molecular weight is 287 g/mol. The zero-order valence-electron chi connectivity index (χ0n) is 13.4. The second-order valence-corrected chi connectivity index (χ2v) is 7.04. The van der Waals surface area contributed by atoms with E-state index in [1.807, 2.05) is 16.9 Å². The number of likely N-dealkylation sites (tertiary alicyclic amines) is 1. The fraction of sp³-hybridized carbons (Fsp3) is 0.625. The number of nitrogens with zero attached hydrogens (tertiary/aromatic N) is 4.